The lowest BCUT2D eigenvalue weighted by atomic mass is 10.2. The fourth-order valence-corrected chi connectivity index (χ4v) is 1.67. The molecule has 0 aliphatic heterocycles. The monoisotopic (exact) mass is 310 g/mol. The van der Waals surface area contributed by atoms with Crippen molar-refractivity contribution in [2.75, 3.05) is 12.4 Å². The lowest BCUT2D eigenvalue weighted by Gasteiger charge is -2.10. The number of amides is 2. The van der Waals surface area contributed by atoms with Crippen LogP contribution in [0.25, 0.3) is 0 Å². The first-order chi connectivity index (χ1) is 10.4. The third kappa shape index (κ3) is 4.15. The summed E-state index contributed by atoms with van der Waals surface area (Å²) in [6.07, 6.45) is -4.42. The molecule has 0 saturated heterocycles. The van der Waals surface area contributed by atoms with Crippen molar-refractivity contribution in [3.05, 3.63) is 54.1 Å². The van der Waals surface area contributed by atoms with Gasteiger partial charge in [0.25, 0.3) is 0 Å². The molecule has 2 amide bonds. The predicted octanol–water partition coefficient (Wildman–Crippen LogP) is 4.25. The van der Waals surface area contributed by atoms with Crippen molar-refractivity contribution < 1.29 is 22.7 Å². The van der Waals surface area contributed by atoms with E-state index in [0.29, 0.717) is 11.4 Å². The van der Waals surface area contributed by atoms with Crippen molar-refractivity contribution in [1.82, 2.24) is 5.32 Å². The van der Waals surface area contributed by atoms with E-state index in [1.165, 1.54) is 19.2 Å². The highest BCUT2D eigenvalue weighted by Crippen LogP contribution is 2.32. The van der Waals surface area contributed by atoms with Crippen molar-refractivity contribution in [2.45, 2.75) is 6.18 Å². The SMILES string of the molecule is CNC(=O)Nc1ccc(Oc2cccc(C(F)(F)F)c2)cc1. The molecule has 0 atom stereocenters. The van der Waals surface area contributed by atoms with E-state index < -0.39 is 11.7 Å². The molecule has 0 aliphatic carbocycles. The predicted molar refractivity (Wildman–Crippen MR) is 76.0 cm³/mol. The summed E-state index contributed by atoms with van der Waals surface area (Å²) in [7, 11) is 1.49. The van der Waals surface area contributed by atoms with Gasteiger partial charge in [-0.05, 0) is 42.5 Å². The van der Waals surface area contributed by atoms with Crippen molar-refractivity contribution >= 4 is 11.7 Å². The Bertz CT molecular complexity index is 655. The number of urea groups is 1. The largest absolute Gasteiger partial charge is 0.457 e. The molecule has 2 rings (SSSR count). The van der Waals surface area contributed by atoms with Crippen molar-refractivity contribution in [2.24, 2.45) is 0 Å². The summed E-state index contributed by atoms with van der Waals surface area (Å²) in [5.74, 6) is 0.448. The second kappa shape index (κ2) is 6.38. The van der Waals surface area contributed by atoms with Gasteiger partial charge in [0.15, 0.2) is 0 Å². The van der Waals surface area contributed by atoms with Gasteiger partial charge in [-0.25, -0.2) is 4.79 Å². The molecule has 7 heteroatoms. The molecule has 2 aromatic carbocycles. The molecule has 0 aromatic heterocycles. The summed E-state index contributed by atoms with van der Waals surface area (Å²) < 4.78 is 43.2. The molecule has 0 bridgehead atoms. The second-order valence-electron chi connectivity index (χ2n) is 4.36. The zero-order valence-corrected chi connectivity index (χ0v) is 11.6. The Hall–Kier alpha value is -2.70. The van der Waals surface area contributed by atoms with Crippen LogP contribution >= 0.6 is 0 Å². The van der Waals surface area contributed by atoms with Gasteiger partial charge in [0, 0.05) is 12.7 Å². The first kappa shape index (κ1) is 15.7. The topological polar surface area (TPSA) is 50.4 Å². The van der Waals surface area contributed by atoms with E-state index >= 15 is 0 Å². The lowest BCUT2D eigenvalue weighted by molar-refractivity contribution is -0.137. The molecular formula is C15H13F3N2O2. The number of ether oxygens (including phenoxy) is 1. The van der Waals surface area contributed by atoms with Gasteiger partial charge in [-0.2, -0.15) is 13.2 Å². The number of carbonyl (C=O) groups is 1. The summed E-state index contributed by atoms with van der Waals surface area (Å²) in [5, 5.41) is 4.96. The molecule has 4 nitrogen and oxygen atoms in total. The van der Waals surface area contributed by atoms with Crippen molar-refractivity contribution in [3.63, 3.8) is 0 Å². The first-order valence-corrected chi connectivity index (χ1v) is 6.32. The number of halogens is 3. The van der Waals surface area contributed by atoms with E-state index in [1.54, 1.807) is 24.3 Å². The van der Waals surface area contributed by atoms with E-state index in [0.717, 1.165) is 12.1 Å². The van der Waals surface area contributed by atoms with Gasteiger partial charge < -0.3 is 15.4 Å². The van der Waals surface area contributed by atoms with Crippen LogP contribution in [0.1, 0.15) is 5.56 Å². The Morgan fingerprint density at radius 1 is 1.05 bits per heavy atom. The van der Waals surface area contributed by atoms with Gasteiger partial charge >= 0.3 is 12.2 Å². The number of carbonyl (C=O) groups excluding carboxylic acids is 1. The third-order valence-electron chi connectivity index (χ3n) is 2.74. The summed E-state index contributed by atoms with van der Waals surface area (Å²) in [4.78, 5) is 11.1. The molecule has 116 valence electrons. The van der Waals surface area contributed by atoms with Crippen LogP contribution in [-0.4, -0.2) is 13.1 Å². The maximum Gasteiger partial charge on any atom is 0.416 e. The van der Waals surface area contributed by atoms with E-state index in [9.17, 15) is 18.0 Å². The first-order valence-electron chi connectivity index (χ1n) is 6.32. The Labute approximate surface area is 124 Å². The highest BCUT2D eigenvalue weighted by Gasteiger charge is 2.30. The Balaban J connectivity index is 2.09. The molecule has 2 N–H and O–H groups in total. The normalized spacial score (nSPS) is 10.9. The molecule has 0 fully saturated rings. The quantitative estimate of drug-likeness (QED) is 0.890. The van der Waals surface area contributed by atoms with Gasteiger partial charge in [-0.3, -0.25) is 0 Å². The maximum atomic E-state index is 12.6. The van der Waals surface area contributed by atoms with Crippen LogP contribution in [0.4, 0.5) is 23.7 Å². The highest BCUT2D eigenvalue weighted by molar-refractivity contribution is 5.88. The average Bonchev–Trinajstić information content (AvgIpc) is 2.48. The van der Waals surface area contributed by atoms with Crippen molar-refractivity contribution in [3.8, 4) is 11.5 Å². The van der Waals surface area contributed by atoms with Crippen LogP contribution < -0.4 is 15.4 Å². The van der Waals surface area contributed by atoms with Gasteiger partial charge in [-0.1, -0.05) is 6.07 Å². The van der Waals surface area contributed by atoms with Crippen LogP contribution in [0.3, 0.4) is 0 Å². The number of hydrogen-bond donors (Lipinski definition) is 2. The molecule has 0 unspecified atom stereocenters. The van der Waals surface area contributed by atoms with Crippen LogP contribution in [0.2, 0.25) is 0 Å². The number of benzene rings is 2. The highest BCUT2D eigenvalue weighted by atomic mass is 19.4. The van der Waals surface area contributed by atoms with Crippen LogP contribution in [-0.2, 0) is 6.18 Å². The molecule has 0 spiro atoms. The second-order valence-corrected chi connectivity index (χ2v) is 4.36. The zero-order chi connectivity index (χ0) is 16.2. The Morgan fingerprint density at radius 2 is 1.73 bits per heavy atom. The van der Waals surface area contributed by atoms with Gasteiger partial charge in [-0.15, -0.1) is 0 Å². The summed E-state index contributed by atoms with van der Waals surface area (Å²) in [5.41, 5.74) is -0.237. The number of hydrogen-bond acceptors (Lipinski definition) is 2. The summed E-state index contributed by atoms with van der Waals surface area (Å²) >= 11 is 0. The molecule has 2 aromatic rings. The fraction of sp³-hybridized carbons (Fsp3) is 0.133. The Morgan fingerprint density at radius 3 is 2.32 bits per heavy atom. The third-order valence-corrected chi connectivity index (χ3v) is 2.74. The number of alkyl halides is 3. The minimum Gasteiger partial charge on any atom is -0.457 e. The number of rotatable bonds is 3. The lowest BCUT2D eigenvalue weighted by Crippen LogP contribution is -2.24. The van der Waals surface area contributed by atoms with Gasteiger partial charge in [0.1, 0.15) is 11.5 Å². The maximum absolute atomic E-state index is 12.6. The number of anilines is 1. The van der Waals surface area contributed by atoms with E-state index in [-0.39, 0.29) is 11.8 Å². The average molecular weight is 310 g/mol. The van der Waals surface area contributed by atoms with Crippen molar-refractivity contribution in [1.29, 1.82) is 0 Å². The molecule has 0 saturated carbocycles. The zero-order valence-electron chi connectivity index (χ0n) is 11.6. The van der Waals surface area contributed by atoms with Gasteiger partial charge in [0.05, 0.1) is 5.56 Å². The standard InChI is InChI=1S/C15H13F3N2O2/c1-19-14(21)20-11-5-7-12(8-6-11)22-13-4-2-3-10(9-13)15(16,17)18/h2-9H,1H3,(H2,19,20,21). The molecular weight excluding hydrogens is 297 g/mol. The Kier molecular flexibility index (Phi) is 4.55. The van der Waals surface area contributed by atoms with Crippen LogP contribution in [0.5, 0.6) is 11.5 Å². The van der Waals surface area contributed by atoms with E-state index in [1.807, 2.05) is 0 Å². The number of nitrogens with one attached hydrogen (secondary N) is 2. The molecule has 0 aliphatic rings. The smallest absolute Gasteiger partial charge is 0.416 e. The van der Waals surface area contributed by atoms with Crippen LogP contribution in [0.15, 0.2) is 48.5 Å². The fourth-order valence-electron chi connectivity index (χ4n) is 1.67. The summed E-state index contributed by atoms with van der Waals surface area (Å²) in [6, 6.07) is 10.5. The van der Waals surface area contributed by atoms with Crippen LogP contribution in [0, 0.1) is 0 Å². The minimum atomic E-state index is -4.42. The molecule has 0 radical (unpaired) electrons. The molecule has 22 heavy (non-hydrogen) atoms. The van der Waals surface area contributed by atoms with Gasteiger partial charge in [0.2, 0.25) is 0 Å². The molecule has 0 heterocycles. The van der Waals surface area contributed by atoms with E-state index in [4.69, 9.17) is 4.74 Å². The summed E-state index contributed by atoms with van der Waals surface area (Å²) in [6.45, 7) is 0. The van der Waals surface area contributed by atoms with E-state index in [2.05, 4.69) is 10.6 Å². The minimum absolute atomic E-state index is 0.0850.